The smallest absolute Gasteiger partial charge is 0.179 e. The van der Waals surface area contributed by atoms with E-state index in [2.05, 4.69) is 5.32 Å². The number of halogens is 1. The van der Waals surface area contributed by atoms with E-state index in [1.54, 1.807) is 0 Å². The van der Waals surface area contributed by atoms with Crippen LogP contribution in [0.5, 0.6) is 0 Å². The van der Waals surface area contributed by atoms with Gasteiger partial charge in [-0.1, -0.05) is 38.1 Å². The van der Waals surface area contributed by atoms with Gasteiger partial charge in [0, 0.05) is 5.56 Å². The number of carbonyl (C=O) groups is 1. The van der Waals surface area contributed by atoms with Crippen LogP contribution in [-0.4, -0.2) is 18.4 Å². The highest BCUT2D eigenvalue weighted by molar-refractivity contribution is 6.01. The lowest BCUT2D eigenvalue weighted by Gasteiger charge is -2.15. The van der Waals surface area contributed by atoms with Gasteiger partial charge in [-0.2, -0.15) is 0 Å². The summed E-state index contributed by atoms with van der Waals surface area (Å²) in [5.41, 5.74) is 1.89. The van der Waals surface area contributed by atoms with Gasteiger partial charge in [0.2, 0.25) is 0 Å². The molecule has 1 aromatic rings. The number of Topliss-reactive ketones (excluding diaryl/α,β-unsaturated/α-hetero) is 1. The van der Waals surface area contributed by atoms with Gasteiger partial charge < -0.3 is 5.32 Å². The normalized spacial score (nSPS) is 11.7. The van der Waals surface area contributed by atoms with Crippen LogP contribution in [0.4, 0.5) is 0 Å². The first-order chi connectivity index (χ1) is 7.20. The minimum Gasteiger partial charge on any atom is -0.307 e. The number of carbonyl (C=O) groups excluding carboxylic acids is 1. The van der Waals surface area contributed by atoms with Crippen LogP contribution in [0.25, 0.3) is 0 Å². The second kappa shape index (κ2) is 7.42. The van der Waals surface area contributed by atoms with E-state index >= 15 is 0 Å². The average molecular weight is 242 g/mol. The first-order valence-corrected chi connectivity index (χ1v) is 5.53. The van der Waals surface area contributed by atoms with Crippen molar-refractivity contribution in [3.8, 4) is 0 Å². The molecule has 1 unspecified atom stereocenters. The summed E-state index contributed by atoms with van der Waals surface area (Å²) < 4.78 is 0. The molecule has 0 aromatic heterocycles. The summed E-state index contributed by atoms with van der Waals surface area (Å²) in [4.78, 5) is 12.1. The highest BCUT2D eigenvalue weighted by Crippen LogP contribution is 2.11. The Morgan fingerprint density at radius 1 is 1.31 bits per heavy atom. The van der Waals surface area contributed by atoms with Crippen molar-refractivity contribution in [3.05, 3.63) is 35.4 Å². The summed E-state index contributed by atoms with van der Waals surface area (Å²) in [5.74, 6) is 0.206. The maximum atomic E-state index is 12.1. The number of rotatable bonds is 5. The molecule has 0 bridgehead atoms. The van der Waals surface area contributed by atoms with Crippen molar-refractivity contribution in [1.82, 2.24) is 5.32 Å². The molecule has 0 fully saturated rings. The van der Waals surface area contributed by atoms with E-state index in [9.17, 15) is 4.79 Å². The number of hydrogen-bond acceptors (Lipinski definition) is 2. The minimum absolute atomic E-state index is 0. The molecular weight excluding hydrogens is 222 g/mol. The summed E-state index contributed by atoms with van der Waals surface area (Å²) >= 11 is 0. The van der Waals surface area contributed by atoms with Gasteiger partial charge in [-0.25, -0.2) is 0 Å². The third-order valence-electron chi connectivity index (χ3n) is 2.59. The Kier molecular flexibility index (Phi) is 7.02. The fraction of sp³-hybridized carbons (Fsp3) is 0.462. The van der Waals surface area contributed by atoms with Gasteiger partial charge in [-0.05, 0) is 25.5 Å². The largest absolute Gasteiger partial charge is 0.307 e. The lowest BCUT2D eigenvalue weighted by molar-refractivity contribution is 0.0941. The zero-order valence-electron chi connectivity index (χ0n) is 10.1. The molecule has 0 spiro atoms. The van der Waals surface area contributed by atoms with E-state index in [0.29, 0.717) is 0 Å². The highest BCUT2D eigenvalue weighted by atomic mass is 35.5. The molecule has 3 heteroatoms. The number of nitrogens with one attached hydrogen (secondary N) is 1. The number of benzene rings is 1. The maximum absolute atomic E-state index is 12.1. The summed E-state index contributed by atoms with van der Waals surface area (Å²) in [6.07, 6.45) is 0.834. The summed E-state index contributed by atoms with van der Waals surface area (Å²) in [6.45, 7) is 6.86. The van der Waals surface area contributed by atoms with E-state index < -0.39 is 0 Å². The molecule has 1 aromatic carbocycles. The van der Waals surface area contributed by atoms with Crippen molar-refractivity contribution < 1.29 is 4.79 Å². The van der Waals surface area contributed by atoms with Crippen LogP contribution in [-0.2, 0) is 0 Å². The predicted octanol–water partition coefficient (Wildman–Crippen LogP) is 2.99. The molecule has 16 heavy (non-hydrogen) atoms. The van der Waals surface area contributed by atoms with E-state index in [1.165, 1.54) is 0 Å². The van der Waals surface area contributed by atoms with Crippen LogP contribution in [0, 0.1) is 6.92 Å². The monoisotopic (exact) mass is 241 g/mol. The molecule has 0 radical (unpaired) electrons. The number of likely N-dealkylation sites (N-methyl/N-ethyl adjacent to an activating group) is 1. The third-order valence-corrected chi connectivity index (χ3v) is 2.59. The van der Waals surface area contributed by atoms with Crippen molar-refractivity contribution in [2.75, 3.05) is 6.54 Å². The SMILES string of the molecule is CCNC(CC)C(=O)c1ccccc1C.Cl. The molecule has 1 atom stereocenters. The van der Waals surface area contributed by atoms with Gasteiger partial charge in [0.25, 0.3) is 0 Å². The van der Waals surface area contributed by atoms with Gasteiger partial charge in [0.1, 0.15) is 0 Å². The Morgan fingerprint density at radius 2 is 1.94 bits per heavy atom. The van der Waals surface area contributed by atoms with Crippen LogP contribution in [0.15, 0.2) is 24.3 Å². The summed E-state index contributed by atoms with van der Waals surface area (Å²) in [6, 6.07) is 7.71. The van der Waals surface area contributed by atoms with Crippen molar-refractivity contribution in [2.24, 2.45) is 0 Å². The Morgan fingerprint density at radius 3 is 2.44 bits per heavy atom. The topological polar surface area (TPSA) is 29.1 Å². The fourth-order valence-electron chi connectivity index (χ4n) is 1.71. The van der Waals surface area contributed by atoms with Crippen molar-refractivity contribution >= 4 is 18.2 Å². The molecule has 0 saturated heterocycles. The Labute approximate surface area is 104 Å². The van der Waals surface area contributed by atoms with Gasteiger partial charge in [0.15, 0.2) is 5.78 Å². The summed E-state index contributed by atoms with van der Waals surface area (Å²) in [5, 5.41) is 3.21. The second-order valence-electron chi connectivity index (χ2n) is 3.70. The predicted molar refractivity (Wildman–Crippen MR) is 70.5 cm³/mol. The van der Waals surface area contributed by atoms with Gasteiger partial charge in [-0.15, -0.1) is 12.4 Å². The van der Waals surface area contributed by atoms with Gasteiger partial charge in [-0.3, -0.25) is 4.79 Å². The molecule has 0 aliphatic rings. The molecular formula is C13H20ClNO. The van der Waals surface area contributed by atoms with Crippen molar-refractivity contribution in [1.29, 1.82) is 0 Å². The third kappa shape index (κ3) is 3.62. The molecule has 90 valence electrons. The maximum Gasteiger partial charge on any atom is 0.179 e. The molecule has 2 nitrogen and oxygen atoms in total. The van der Waals surface area contributed by atoms with Crippen LogP contribution < -0.4 is 5.32 Å². The van der Waals surface area contributed by atoms with Gasteiger partial charge in [0.05, 0.1) is 6.04 Å². The lowest BCUT2D eigenvalue weighted by Crippen LogP contribution is -2.36. The Bertz CT molecular complexity index is 338. The van der Waals surface area contributed by atoms with Crippen LogP contribution in [0.3, 0.4) is 0 Å². The number of aryl methyl sites for hydroxylation is 1. The Hall–Kier alpha value is -0.860. The van der Waals surface area contributed by atoms with Crippen LogP contribution in [0.2, 0.25) is 0 Å². The quantitative estimate of drug-likeness (QED) is 0.803. The Balaban J connectivity index is 0.00000225. The van der Waals surface area contributed by atoms with Crippen molar-refractivity contribution in [3.63, 3.8) is 0 Å². The van der Waals surface area contributed by atoms with Crippen LogP contribution in [0.1, 0.15) is 36.2 Å². The van der Waals surface area contributed by atoms with E-state index in [4.69, 9.17) is 0 Å². The zero-order valence-corrected chi connectivity index (χ0v) is 10.9. The zero-order chi connectivity index (χ0) is 11.3. The molecule has 0 heterocycles. The van der Waals surface area contributed by atoms with Crippen LogP contribution >= 0.6 is 12.4 Å². The summed E-state index contributed by atoms with van der Waals surface area (Å²) in [7, 11) is 0. The molecule has 0 saturated carbocycles. The number of ketones is 1. The first-order valence-electron chi connectivity index (χ1n) is 5.53. The standard InChI is InChI=1S/C13H19NO.ClH/c1-4-12(14-5-2)13(15)11-9-7-6-8-10(11)3;/h6-9,12,14H,4-5H2,1-3H3;1H. The van der Waals surface area contributed by atoms with E-state index in [0.717, 1.165) is 24.1 Å². The van der Waals surface area contributed by atoms with E-state index in [1.807, 2.05) is 45.0 Å². The highest BCUT2D eigenvalue weighted by Gasteiger charge is 2.17. The molecule has 0 aliphatic heterocycles. The first kappa shape index (κ1) is 15.1. The lowest BCUT2D eigenvalue weighted by atomic mass is 9.98. The fourth-order valence-corrected chi connectivity index (χ4v) is 1.71. The number of hydrogen-bond donors (Lipinski definition) is 1. The van der Waals surface area contributed by atoms with Gasteiger partial charge >= 0.3 is 0 Å². The minimum atomic E-state index is -0.0453. The van der Waals surface area contributed by atoms with E-state index in [-0.39, 0.29) is 24.2 Å². The average Bonchev–Trinajstić information content (AvgIpc) is 2.25. The molecule has 0 aliphatic carbocycles. The molecule has 0 amide bonds. The van der Waals surface area contributed by atoms with Crippen molar-refractivity contribution in [2.45, 2.75) is 33.2 Å². The second-order valence-corrected chi connectivity index (χ2v) is 3.70. The molecule has 1 rings (SSSR count). The molecule has 1 N–H and O–H groups in total.